The van der Waals surface area contributed by atoms with Crippen LogP contribution in [-0.4, -0.2) is 18.2 Å². The summed E-state index contributed by atoms with van der Waals surface area (Å²) in [7, 11) is 0. The standard InChI is InChI=1S/C6H9NO2.C3H8.H2/c1-3-4-7-6(9)5(2)8;1-3-2;/h3H,1,4H2,2H3,(H,7,9);3H2,1-2H3;1H. The first-order chi connectivity index (χ1) is 5.59. The fourth-order valence-electron chi connectivity index (χ4n) is 0.289. The molecule has 0 saturated carbocycles. The molecule has 0 heterocycles. The summed E-state index contributed by atoms with van der Waals surface area (Å²) >= 11 is 0. The van der Waals surface area contributed by atoms with Gasteiger partial charge in [0.1, 0.15) is 0 Å². The number of rotatable bonds is 3. The van der Waals surface area contributed by atoms with Gasteiger partial charge in [-0.15, -0.1) is 6.58 Å². The molecule has 0 atom stereocenters. The van der Waals surface area contributed by atoms with Crippen LogP contribution >= 0.6 is 0 Å². The fourth-order valence-corrected chi connectivity index (χ4v) is 0.289. The van der Waals surface area contributed by atoms with E-state index in [9.17, 15) is 9.59 Å². The predicted octanol–water partition coefficient (Wildman–Crippen LogP) is 1.54. The van der Waals surface area contributed by atoms with Crippen molar-refractivity contribution in [2.24, 2.45) is 0 Å². The number of carbonyl (C=O) groups is 2. The molecule has 0 spiro atoms. The van der Waals surface area contributed by atoms with Crippen LogP contribution in [0.2, 0.25) is 0 Å². The van der Waals surface area contributed by atoms with E-state index < -0.39 is 11.7 Å². The Labute approximate surface area is 75.3 Å². The Hall–Kier alpha value is -1.12. The molecule has 0 aromatic rings. The van der Waals surface area contributed by atoms with Crippen LogP contribution in [0.25, 0.3) is 0 Å². The lowest BCUT2D eigenvalue weighted by molar-refractivity contribution is -0.136. The van der Waals surface area contributed by atoms with Crippen LogP contribution in [0.1, 0.15) is 28.6 Å². The molecule has 0 aliphatic heterocycles. The van der Waals surface area contributed by atoms with E-state index in [1.807, 2.05) is 0 Å². The van der Waals surface area contributed by atoms with E-state index in [0.29, 0.717) is 6.54 Å². The summed E-state index contributed by atoms with van der Waals surface area (Å²) in [6, 6.07) is 0. The third-order valence-electron chi connectivity index (χ3n) is 0.727. The van der Waals surface area contributed by atoms with Gasteiger partial charge in [0, 0.05) is 14.9 Å². The zero-order chi connectivity index (χ0) is 9.98. The van der Waals surface area contributed by atoms with Crippen molar-refractivity contribution in [2.45, 2.75) is 27.2 Å². The van der Waals surface area contributed by atoms with Gasteiger partial charge < -0.3 is 5.32 Å². The van der Waals surface area contributed by atoms with E-state index in [-0.39, 0.29) is 1.43 Å². The number of hydrogen-bond donors (Lipinski definition) is 1. The lowest BCUT2D eigenvalue weighted by Gasteiger charge is -1.94. The molecule has 1 amide bonds. The van der Waals surface area contributed by atoms with Gasteiger partial charge in [-0.25, -0.2) is 0 Å². The Morgan fingerprint density at radius 3 is 2.17 bits per heavy atom. The highest BCUT2D eigenvalue weighted by molar-refractivity contribution is 6.35. The molecule has 0 aromatic heterocycles. The second-order valence-electron chi connectivity index (χ2n) is 2.26. The van der Waals surface area contributed by atoms with Gasteiger partial charge in [-0.2, -0.15) is 0 Å². The molecule has 0 rings (SSSR count). The summed E-state index contributed by atoms with van der Waals surface area (Å²) in [6.45, 7) is 9.18. The van der Waals surface area contributed by atoms with Gasteiger partial charge in [-0.3, -0.25) is 9.59 Å². The number of Topliss-reactive ketones (excluding diaryl/α,β-unsaturated/α-hetero) is 1. The molecule has 0 saturated heterocycles. The lowest BCUT2D eigenvalue weighted by Crippen LogP contribution is -2.28. The summed E-state index contributed by atoms with van der Waals surface area (Å²) in [5.41, 5.74) is 0. The van der Waals surface area contributed by atoms with Crippen LogP contribution in [-0.2, 0) is 9.59 Å². The Morgan fingerprint density at radius 1 is 1.50 bits per heavy atom. The minimum Gasteiger partial charge on any atom is -0.346 e. The number of nitrogens with one attached hydrogen (secondary N) is 1. The molecule has 0 radical (unpaired) electrons. The van der Waals surface area contributed by atoms with Crippen LogP contribution in [0.3, 0.4) is 0 Å². The minimum absolute atomic E-state index is 0. The maximum Gasteiger partial charge on any atom is 0.287 e. The second-order valence-corrected chi connectivity index (χ2v) is 2.26. The predicted molar refractivity (Wildman–Crippen MR) is 52.0 cm³/mol. The zero-order valence-corrected chi connectivity index (χ0v) is 8.02. The second kappa shape index (κ2) is 9.88. The molecule has 3 nitrogen and oxygen atoms in total. The highest BCUT2D eigenvalue weighted by Crippen LogP contribution is 1.68. The van der Waals surface area contributed by atoms with E-state index in [1.54, 1.807) is 0 Å². The number of hydrogen-bond acceptors (Lipinski definition) is 2. The summed E-state index contributed by atoms with van der Waals surface area (Å²) in [6.07, 6.45) is 2.76. The SMILES string of the molecule is C=CCNC(=O)C(C)=O.CCC.[HH]. The molecule has 0 unspecified atom stereocenters. The largest absolute Gasteiger partial charge is 0.346 e. The maximum atomic E-state index is 10.4. The number of amides is 1. The van der Waals surface area contributed by atoms with Crippen LogP contribution in [0.4, 0.5) is 0 Å². The molecule has 0 aliphatic carbocycles. The molecule has 0 aliphatic rings. The minimum atomic E-state index is -0.560. The molecular weight excluding hydrogens is 154 g/mol. The van der Waals surface area contributed by atoms with E-state index >= 15 is 0 Å². The molecule has 0 fully saturated rings. The summed E-state index contributed by atoms with van der Waals surface area (Å²) in [5.74, 6) is -1.04. The van der Waals surface area contributed by atoms with Crippen LogP contribution in [0.15, 0.2) is 12.7 Å². The van der Waals surface area contributed by atoms with Gasteiger partial charge in [-0.1, -0.05) is 26.3 Å². The Balaban J connectivity index is -0.000000220. The molecular formula is C9H19NO2. The van der Waals surface area contributed by atoms with Gasteiger partial charge in [0.15, 0.2) is 0 Å². The zero-order valence-electron chi connectivity index (χ0n) is 8.02. The molecule has 1 N–H and O–H groups in total. The molecule has 12 heavy (non-hydrogen) atoms. The van der Waals surface area contributed by atoms with Gasteiger partial charge in [0.2, 0.25) is 5.78 Å². The van der Waals surface area contributed by atoms with E-state index in [4.69, 9.17) is 0 Å². The lowest BCUT2D eigenvalue weighted by atomic mass is 10.4. The highest BCUT2D eigenvalue weighted by atomic mass is 16.2. The molecule has 3 heteroatoms. The van der Waals surface area contributed by atoms with Crippen molar-refractivity contribution in [1.82, 2.24) is 5.32 Å². The third kappa shape index (κ3) is 11.6. The van der Waals surface area contributed by atoms with E-state index in [2.05, 4.69) is 25.7 Å². The summed E-state index contributed by atoms with van der Waals surface area (Å²) in [5, 5.41) is 2.33. The monoisotopic (exact) mass is 173 g/mol. The highest BCUT2D eigenvalue weighted by Gasteiger charge is 2.02. The molecule has 72 valence electrons. The van der Waals surface area contributed by atoms with Crippen molar-refractivity contribution in [3.05, 3.63) is 12.7 Å². The normalized spacial score (nSPS) is 7.58. The van der Waals surface area contributed by atoms with Crippen LogP contribution in [0, 0.1) is 0 Å². The molecule has 0 aromatic carbocycles. The molecule has 0 bridgehead atoms. The first kappa shape index (κ1) is 13.5. The van der Waals surface area contributed by atoms with Crippen molar-refractivity contribution >= 4 is 11.7 Å². The Morgan fingerprint density at radius 2 is 1.92 bits per heavy atom. The third-order valence-corrected chi connectivity index (χ3v) is 0.727. The number of carbonyl (C=O) groups excluding carboxylic acids is 2. The van der Waals surface area contributed by atoms with Gasteiger partial charge in [-0.05, 0) is 0 Å². The summed E-state index contributed by atoms with van der Waals surface area (Å²) < 4.78 is 0. The first-order valence-corrected chi connectivity index (χ1v) is 3.99. The Kier molecular flexibility index (Phi) is 11.1. The van der Waals surface area contributed by atoms with Crippen LogP contribution in [0.5, 0.6) is 0 Å². The average molecular weight is 173 g/mol. The number of ketones is 1. The summed E-state index contributed by atoms with van der Waals surface area (Å²) in [4.78, 5) is 20.6. The Bertz CT molecular complexity index is 158. The van der Waals surface area contributed by atoms with Crippen molar-refractivity contribution in [3.8, 4) is 0 Å². The fraction of sp³-hybridized carbons (Fsp3) is 0.556. The van der Waals surface area contributed by atoms with Gasteiger partial charge >= 0.3 is 0 Å². The van der Waals surface area contributed by atoms with Crippen molar-refractivity contribution < 1.29 is 11.0 Å². The van der Waals surface area contributed by atoms with Crippen LogP contribution < -0.4 is 5.32 Å². The smallest absolute Gasteiger partial charge is 0.287 e. The topological polar surface area (TPSA) is 46.2 Å². The van der Waals surface area contributed by atoms with E-state index in [0.717, 1.165) is 0 Å². The van der Waals surface area contributed by atoms with Gasteiger partial charge in [0.05, 0.1) is 0 Å². The van der Waals surface area contributed by atoms with E-state index in [1.165, 1.54) is 19.4 Å². The van der Waals surface area contributed by atoms with Crippen molar-refractivity contribution in [2.75, 3.05) is 6.54 Å². The average Bonchev–Trinajstić information content (AvgIpc) is 2.01. The maximum absolute atomic E-state index is 10.4. The van der Waals surface area contributed by atoms with Crippen molar-refractivity contribution in [1.29, 1.82) is 0 Å². The first-order valence-electron chi connectivity index (χ1n) is 3.99. The quantitative estimate of drug-likeness (QED) is 0.520. The van der Waals surface area contributed by atoms with Gasteiger partial charge in [0.25, 0.3) is 5.91 Å². The van der Waals surface area contributed by atoms with Crippen molar-refractivity contribution in [3.63, 3.8) is 0 Å².